The lowest BCUT2D eigenvalue weighted by Crippen LogP contribution is -1.94. The zero-order chi connectivity index (χ0) is 95.6. The summed E-state index contributed by atoms with van der Waals surface area (Å²) in [6.45, 7) is 16.1. The van der Waals surface area contributed by atoms with Gasteiger partial charge in [-0.05, 0) is 271 Å². The first-order chi connectivity index (χ1) is 64.4. The fraction of sp³-hybridized carbons (Fsp3) is 0.100. The third kappa shape index (κ3) is 23.3. The molecule has 34 heteroatoms. The van der Waals surface area contributed by atoms with E-state index in [0.717, 1.165) is 73.4 Å². The molecule has 12 aromatic carbocycles. The van der Waals surface area contributed by atoms with Gasteiger partial charge in [0.15, 0.2) is 0 Å². The molecule has 0 bridgehead atoms. The number of aromatic nitrogens is 12. The number of carboxylic acids is 6. The molecule has 0 radical (unpaired) electrons. The van der Waals surface area contributed by atoms with Crippen LogP contribution in [0.1, 0.15) is 114 Å². The van der Waals surface area contributed by atoms with Gasteiger partial charge < -0.3 is 61.9 Å². The van der Waals surface area contributed by atoms with E-state index in [1.807, 2.05) is 128 Å². The number of aryl methyl sites for hydroxylation is 8. The normalized spacial score (nSPS) is 10.6. The number of rotatable bonds is 20. The van der Waals surface area contributed by atoms with Crippen LogP contribution in [0.3, 0.4) is 0 Å². The van der Waals surface area contributed by atoms with Crippen molar-refractivity contribution in [2.45, 2.75) is 61.8 Å². The highest BCUT2D eigenvalue weighted by molar-refractivity contribution is 6.39. The van der Waals surface area contributed by atoms with Crippen LogP contribution in [0.2, 0.25) is 15.1 Å². The number of benzene rings is 12. The highest BCUT2D eigenvalue weighted by Gasteiger charge is 2.24. The van der Waals surface area contributed by atoms with Gasteiger partial charge in [0.2, 0.25) is 58.9 Å². The molecule has 0 aliphatic carbocycles. The smallest absolute Gasteiger partial charge is 0.335 e. The summed E-state index contributed by atoms with van der Waals surface area (Å²) in [5.41, 5.74) is 18.5. The molecule has 0 amide bonds. The molecular formula is C100H77Cl3N12O19. The number of para-hydroxylation sites is 1. The molecule has 6 aromatic heterocycles. The second-order valence-electron chi connectivity index (χ2n) is 29.7. The van der Waals surface area contributed by atoms with Crippen molar-refractivity contribution in [3.63, 3.8) is 0 Å². The molecule has 6 heterocycles. The van der Waals surface area contributed by atoms with E-state index in [1.165, 1.54) is 78.4 Å². The second-order valence-corrected chi connectivity index (χ2v) is 30.9. The van der Waals surface area contributed by atoms with Crippen molar-refractivity contribution in [2.24, 2.45) is 0 Å². The van der Waals surface area contributed by atoms with Gasteiger partial charge in [-0.1, -0.05) is 125 Å². The maximum atomic E-state index is 10.9. The Morgan fingerprint density at radius 2 is 0.545 bits per heavy atom. The van der Waals surface area contributed by atoms with Crippen LogP contribution in [-0.2, 0) is 6.42 Å². The number of carbonyl (C=O) groups is 6. The largest absolute Gasteiger partial charge is 0.496 e. The van der Waals surface area contributed by atoms with E-state index in [-0.39, 0.29) is 45.2 Å². The average Bonchev–Trinajstić information content (AvgIpc) is 1.68. The monoisotopic (exact) mass is 1850 g/mol. The van der Waals surface area contributed by atoms with Crippen molar-refractivity contribution in [2.75, 3.05) is 7.11 Å². The lowest BCUT2D eigenvalue weighted by molar-refractivity contribution is 0.0686. The first-order valence-corrected chi connectivity index (χ1v) is 41.6. The van der Waals surface area contributed by atoms with E-state index in [9.17, 15) is 28.8 Å². The SMILES string of the molecule is CCc1cccc(-c2nnc(-c3ccc(C(=O)O)cc3)o2)c1OC.Cc1cc(C)c(-c2nnc(-c3ccc(C(=O)O)cc3)o2)c(C)c1.Cc1ccc(C)c(-c2nnc(-c3ccc(C(=O)O)cc3)o2)c1.Cc1ccc(Cl)c(-c2nnc(-c3ccc(C(=O)O)cc3)o2)c1.Cc1cccc(-c2nnc(-c3ccc(C(=O)O)cc3)o2)c1.O=C(O)c1ccc(-c2nnc(-c3c(Cl)cccc3Cl)o2)cc1. The van der Waals surface area contributed by atoms with E-state index < -0.39 is 35.8 Å². The quantitative estimate of drug-likeness (QED) is 0.0413. The third-order valence-electron chi connectivity index (χ3n) is 20.0. The highest BCUT2D eigenvalue weighted by Crippen LogP contribution is 2.39. The Bertz CT molecular complexity index is 7110. The van der Waals surface area contributed by atoms with Gasteiger partial charge in [-0.2, -0.15) is 0 Å². The molecule has 18 aromatic rings. The number of methoxy groups -OCH3 is 1. The van der Waals surface area contributed by atoms with E-state index in [4.69, 9.17) is 96.7 Å². The molecule has 134 heavy (non-hydrogen) atoms. The molecule has 0 unspecified atom stereocenters. The summed E-state index contributed by atoms with van der Waals surface area (Å²) in [6, 6.07) is 72.0. The summed E-state index contributed by atoms with van der Waals surface area (Å²) in [5.74, 6) is -0.888. The van der Waals surface area contributed by atoms with Gasteiger partial charge in [0.25, 0.3) is 11.8 Å². The molecule has 0 saturated carbocycles. The summed E-state index contributed by atoms with van der Waals surface area (Å²) in [5, 5.41) is 103. The Kier molecular flexibility index (Phi) is 30.3. The minimum atomic E-state index is -0.999. The van der Waals surface area contributed by atoms with Gasteiger partial charge in [-0.15, -0.1) is 61.2 Å². The van der Waals surface area contributed by atoms with Crippen molar-refractivity contribution < 1.29 is 90.6 Å². The first-order valence-electron chi connectivity index (χ1n) is 40.5. The van der Waals surface area contributed by atoms with Crippen LogP contribution in [0.15, 0.2) is 281 Å². The average molecular weight is 1860 g/mol. The standard InChI is InChI=1S/C18H16N2O4.C18H16N2O3.C17H14N2O3.C16H11ClN2O3.C16H12N2O3.C15H8Cl2N2O3/c1-3-11-5-4-6-14(15(11)23-2)17-20-19-16(24-17)12-7-9-13(10-8-12)18(21)22;1-10-8-11(2)15(12(3)9-10)17-20-19-16(23-17)13-4-6-14(7-5-13)18(21)22;1-10-3-4-11(2)14(9-10)16-19-18-15(22-16)12-5-7-13(8-6-12)17(20)21;1-9-2-7-13(17)12(8-9)15-19-18-14(22-15)10-3-5-11(6-4-10)16(20)21;1-10-3-2-4-13(9-10)15-18-17-14(21-15)11-5-7-12(8-6-11)16(19)20;16-10-2-1-3-11(17)12(10)14-19-18-13(22-14)8-4-6-9(7-5-8)15(20)21/h4-10H,3H2,1-2H3,(H,21,22);4-9H,1-3H3,(H,21,22);3-9H,1-2H3,(H,20,21);2-8H,1H3,(H,20,21);2-9H,1H3,(H,19,20);1-7H,(H,20,21). The van der Waals surface area contributed by atoms with Crippen molar-refractivity contribution >= 4 is 70.6 Å². The van der Waals surface area contributed by atoms with Crippen molar-refractivity contribution in [1.82, 2.24) is 61.2 Å². The van der Waals surface area contributed by atoms with Gasteiger partial charge in [0.05, 0.1) is 72.2 Å². The maximum absolute atomic E-state index is 10.9. The summed E-state index contributed by atoms with van der Waals surface area (Å²) in [4.78, 5) is 65.1. The van der Waals surface area contributed by atoms with Gasteiger partial charge >= 0.3 is 35.8 Å². The van der Waals surface area contributed by atoms with E-state index >= 15 is 0 Å². The fourth-order valence-corrected chi connectivity index (χ4v) is 14.0. The summed E-state index contributed by atoms with van der Waals surface area (Å²) < 4.78 is 39.6. The van der Waals surface area contributed by atoms with Gasteiger partial charge in [-0.3, -0.25) is 0 Å². The molecular weight excluding hydrogens is 1780 g/mol. The van der Waals surface area contributed by atoms with E-state index in [1.54, 1.807) is 104 Å². The number of carboxylic acid groups (broad SMARTS) is 6. The Morgan fingerprint density at radius 1 is 0.261 bits per heavy atom. The summed E-state index contributed by atoms with van der Waals surface area (Å²) in [7, 11) is 1.61. The van der Waals surface area contributed by atoms with Crippen molar-refractivity contribution in [3.05, 3.63) is 348 Å². The zero-order valence-electron chi connectivity index (χ0n) is 72.4. The predicted octanol–water partition coefficient (Wildman–Crippen LogP) is 23.3. The van der Waals surface area contributed by atoms with Crippen LogP contribution < -0.4 is 4.74 Å². The van der Waals surface area contributed by atoms with Crippen LogP contribution in [-0.4, -0.2) is 135 Å². The van der Waals surface area contributed by atoms with E-state index in [0.29, 0.717) is 118 Å². The van der Waals surface area contributed by atoms with Crippen molar-refractivity contribution in [3.8, 4) is 143 Å². The van der Waals surface area contributed by atoms with Crippen LogP contribution in [0.4, 0.5) is 0 Å². The highest BCUT2D eigenvalue weighted by atomic mass is 35.5. The summed E-state index contributed by atoms with van der Waals surface area (Å²) in [6.07, 6.45) is 0.828. The molecule has 0 spiro atoms. The van der Waals surface area contributed by atoms with Crippen molar-refractivity contribution in [1.29, 1.82) is 0 Å². The Hall–Kier alpha value is -17.0. The molecule has 18 rings (SSSR count). The molecule has 0 aliphatic heterocycles. The number of ether oxygens (including phenoxy) is 1. The van der Waals surface area contributed by atoms with Gasteiger partial charge in [0, 0.05) is 50.1 Å². The molecule has 6 N–H and O–H groups in total. The Balaban J connectivity index is 0.000000136. The lowest BCUT2D eigenvalue weighted by atomic mass is 10.00. The number of aromatic carboxylic acids is 6. The molecule has 31 nitrogen and oxygen atoms in total. The predicted molar refractivity (Wildman–Crippen MR) is 497 cm³/mol. The number of hydrogen-bond donors (Lipinski definition) is 6. The van der Waals surface area contributed by atoms with Gasteiger partial charge in [0.1, 0.15) is 5.75 Å². The van der Waals surface area contributed by atoms with Crippen LogP contribution in [0, 0.1) is 48.5 Å². The fourth-order valence-electron chi connectivity index (χ4n) is 13.3. The van der Waals surface area contributed by atoms with Crippen LogP contribution in [0.5, 0.6) is 5.75 Å². The van der Waals surface area contributed by atoms with E-state index in [2.05, 4.69) is 73.3 Å². The Morgan fingerprint density at radius 3 is 0.896 bits per heavy atom. The third-order valence-corrected chi connectivity index (χ3v) is 21.0. The second kappa shape index (κ2) is 42.9. The van der Waals surface area contributed by atoms with Crippen LogP contribution in [0.25, 0.3) is 137 Å². The number of hydrogen-bond acceptors (Lipinski definition) is 25. The lowest BCUT2D eigenvalue weighted by Gasteiger charge is -2.09. The topological polar surface area (TPSA) is 467 Å². The minimum Gasteiger partial charge on any atom is -0.496 e. The molecule has 672 valence electrons. The molecule has 0 fully saturated rings. The Labute approximate surface area is 777 Å². The summed E-state index contributed by atoms with van der Waals surface area (Å²) >= 11 is 18.3. The number of halogens is 3. The van der Waals surface area contributed by atoms with Gasteiger partial charge in [-0.25, -0.2) is 28.8 Å². The first kappa shape index (κ1) is 94.6. The molecule has 0 saturated heterocycles. The molecule has 0 atom stereocenters. The number of nitrogens with zero attached hydrogens (tertiary/aromatic N) is 12. The maximum Gasteiger partial charge on any atom is 0.335 e. The minimum absolute atomic E-state index is 0.178. The van der Waals surface area contributed by atoms with Crippen LogP contribution >= 0.6 is 34.8 Å². The molecule has 0 aliphatic rings. The zero-order valence-corrected chi connectivity index (χ0v) is 74.7.